The van der Waals surface area contributed by atoms with Crippen LogP contribution in [0.3, 0.4) is 0 Å². The molecule has 5 nitrogen and oxygen atoms in total. The maximum Gasteiger partial charge on any atom is 0.328 e. The zero-order valence-corrected chi connectivity index (χ0v) is 9.54. The SMILES string of the molecule is CN(C)CCCn1cc(Cl)c(=O)[nH]c1=O. The molecule has 1 rings (SSSR count). The van der Waals surface area contributed by atoms with Gasteiger partial charge in [0.2, 0.25) is 0 Å². The second-order valence-corrected chi connectivity index (χ2v) is 3.99. The fraction of sp³-hybridized carbons (Fsp3) is 0.556. The van der Waals surface area contributed by atoms with Gasteiger partial charge < -0.3 is 4.90 Å². The number of aromatic nitrogens is 2. The molecule has 1 N–H and O–H groups in total. The van der Waals surface area contributed by atoms with E-state index in [1.54, 1.807) is 0 Å². The van der Waals surface area contributed by atoms with E-state index in [0.717, 1.165) is 13.0 Å². The summed E-state index contributed by atoms with van der Waals surface area (Å²) < 4.78 is 1.41. The molecule has 0 aliphatic carbocycles. The Hall–Kier alpha value is -1.07. The lowest BCUT2D eigenvalue weighted by molar-refractivity contribution is 0.384. The van der Waals surface area contributed by atoms with E-state index in [9.17, 15) is 9.59 Å². The third-order valence-corrected chi connectivity index (χ3v) is 2.24. The number of aromatic amines is 1. The van der Waals surface area contributed by atoms with Crippen molar-refractivity contribution in [2.24, 2.45) is 0 Å². The van der Waals surface area contributed by atoms with E-state index in [1.807, 2.05) is 19.0 Å². The first kappa shape index (κ1) is 12.0. The van der Waals surface area contributed by atoms with E-state index in [1.165, 1.54) is 10.8 Å². The smallest absolute Gasteiger partial charge is 0.309 e. The van der Waals surface area contributed by atoms with Crippen LogP contribution in [0.1, 0.15) is 6.42 Å². The predicted molar refractivity (Wildman–Crippen MR) is 59.5 cm³/mol. The van der Waals surface area contributed by atoms with E-state index in [4.69, 9.17) is 11.6 Å². The molecule has 0 bridgehead atoms. The minimum Gasteiger partial charge on any atom is -0.309 e. The number of H-pyrrole nitrogens is 1. The van der Waals surface area contributed by atoms with Crippen LogP contribution in [0.15, 0.2) is 15.8 Å². The molecule has 0 radical (unpaired) electrons. The summed E-state index contributed by atoms with van der Waals surface area (Å²) in [7, 11) is 3.92. The van der Waals surface area contributed by atoms with Crippen molar-refractivity contribution in [2.75, 3.05) is 20.6 Å². The molecule has 0 atom stereocenters. The standard InChI is InChI=1S/C9H14ClN3O2/c1-12(2)4-3-5-13-6-7(10)8(14)11-9(13)15/h6H,3-5H2,1-2H3,(H,11,14,15). The molecule has 6 heteroatoms. The van der Waals surface area contributed by atoms with Gasteiger partial charge >= 0.3 is 5.69 Å². The Morgan fingerprint density at radius 3 is 2.73 bits per heavy atom. The summed E-state index contributed by atoms with van der Waals surface area (Å²) in [6, 6.07) is 0. The highest BCUT2D eigenvalue weighted by Gasteiger charge is 2.01. The fourth-order valence-corrected chi connectivity index (χ4v) is 1.37. The van der Waals surface area contributed by atoms with Gasteiger partial charge in [0, 0.05) is 12.7 Å². The molecule has 0 fully saturated rings. The lowest BCUT2D eigenvalue weighted by Crippen LogP contribution is -2.30. The average molecular weight is 232 g/mol. The van der Waals surface area contributed by atoms with E-state index < -0.39 is 11.2 Å². The van der Waals surface area contributed by atoms with Gasteiger partial charge in [-0.2, -0.15) is 0 Å². The Balaban J connectivity index is 2.74. The van der Waals surface area contributed by atoms with Crippen LogP contribution in [0.2, 0.25) is 5.02 Å². The molecule has 84 valence electrons. The fourth-order valence-electron chi connectivity index (χ4n) is 1.21. The summed E-state index contributed by atoms with van der Waals surface area (Å²) in [5, 5.41) is 0.0412. The van der Waals surface area contributed by atoms with Crippen molar-refractivity contribution >= 4 is 11.6 Å². The summed E-state index contributed by atoms with van der Waals surface area (Å²) in [6.07, 6.45) is 2.20. The number of hydrogen-bond acceptors (Lipinski definition) is 3. The van der Waals surface area contributed by atoms with Crippen molar-refractivity contribution in [1.82, 2.24) is 14.5 Å². The summed E-state index contributed by atoms with van der Waals surface area (Å²) in [5.41, 5.74) is -0.950. The lowest BCUT2D eigenvalue weighted by atomic mass is 10.4. The third-order valence-electron chi connectivity index (χ3n) is 1.97. The van der Waals surface area contributed by atoms with Crippen molar-refractivity contribution in [3.05, 3.63) is 32.1 Å². The highest BCUT2D eigenvalue weighted by atomic mass is 35.5. The molecule has 1 aromatic rings. The maximum atomic E-state index is 11.3. The van der Waals surface area contributed by atoms with E-state index in [0.29, 0.717) is 6.54 Å². The van der Waals surface area contributed by atoms with Crippen molar-refractivity contribution in [3.8, 4) is 0 Å². The van der Waals surface area contributed by atoms with Crippen LogP contribution < -0.4 is 11.2 Å². The number of hydrogen-bond donors (Lipinski definition) is 1. The normalized spacial score (nSPS) is 10.9. The van der Waals surface area contributed by atoms with Crippen molar-refractivity contribution < 1.29 is 0 Å². The van der Waals surface area contributed by atoms with Gasteiger partial charge in [-0.1, -0.05) is 11.6 Å². The zero-order chi connectivity index (χ0) is 11.4. The van der Waals surface area contributed by atoms with Crippen LogP contribution in [0, 0.1) is 0 Å². The van der Waals surface area contributed by atoms with E-state index >= 15 is 0 Å². The Morgan fingerprint density at radius 1 is 1.47 bits per heavy atom. The first-order valence-electron chi connectivity index (χ1n) is 4.64. The van der Waals surface area contributed by atoms with Crippen molar-refractivity contribution in [3.63, 3.8) is 0 Å². The second kappa shape index (κ2) is 5.14. The van der Waals surface area contributed by atoms with Crippen LogP contribution in [0.25, 0.3) is 0 Å². The van der Waals surface area contributed by atoms with Gasteiger partial charge in [0.05, 0.1) is 0 Å². The van der Waals surface area contributed by atoms with Gasteiger partial charge in [-0.15, -0.1) is 0 Å². The molecular weight excluding hydrogens is 218 g/mol. The summed E-state index contributed by atoms with van der Waals surface area (Å²) in [4.78, 5) is 26.4. The Morgan fingerprint density at radius 2 is 2.13 bits per heavy atom. The van der Waals surface area contributed by atoms with Gasteiger partial charge in [-0.25, -0.2) is 4.79 Å². The molecule has 0 saturated carbocycles. The van der Waals surface area contributed by atoms with Gasteiger partial charge in [-0.05, 0) is 27.1 Å². The molecule has 0 aliphatic rings. The van der Waals surface area contributed by atoms with Gasteiger partial charge in [-0.3, -0.25) is 14.3 Å². The molecule has 0 amide bonds. The number of nitrogens with one attached hydrogen (secondary N) is 1. The van der Waals surface area contributed by atoms with Crippen molar-refractivity contribution in [1.29, 1.82) is 0 Å². The maximum absolute atomic E-state index is 11.3. The molecule has 1 aromatic heterocycles. The van der Waals surface area contributed by atoms with E-state index in [2.05, 4.69) is 4.98 Å². The average Bonchev–Trinajstić information content (AvgIpc) is 2.13. The van der Waals surface area contributed by atoms with Gasteiger partial charge in [0.1, 0.15) is 5.02 Å². The molecule has 15 heavy (non-hydrogen) atoms. The number of nitrogens with zero attached hydrogens (tertiary/aromatic N) is 2. The molecule has 0 spiro atoms. The first-order valence-corrected chi connectivity index (χ1v) is 5.02. The molecule has 0 saturated heterocycles. The van der Waals surface area contributed by atoms with Crippen LogP contribution in [-0.4, -0.2) is 35.1 Å². The first-order chi connectivity index (χ1) is 7.00. The van der Waals surface area contributed by atoms with Crippen LogP contribution in [0.5, 0.6) is 0 Å². The summed E-state index contributed by atoms with van der Waals surface area (Å²) in [6.45, 7) is 1.43. The minimum absolute atomic E-state index is 0.0412. The second-order valence-electron chi connectivity index (χ2n) is 3.59. The molecule has 0 aromatic carbocycles. The quantitative estimate of drug-likeness (QED) is 0.802. The third kappa shape index (κ3) is 3.53. The van der Waals surface area contributed by atoms with Gasteiger partial charge in [0.25, 0.3) is 5.56 Å². The molecule has 0 aliphatic heterocycles. The van der Waals surface area contributed by atoms with Crippen molar-refractivity contribution in [2.45, 2.75) is 13.0 Å². The highest BCUT2D eigenvalue weighted by molar-refractivity contribution is 6.30. The van der Waals surface area contributed by atoms with Crippen LogP contribution >= 0.6 is 11.6 Å². The predicted octanol–water partition coefficient (Wildman–Crippen LogP) is 0.142. The summed E-state index contributed by atoms with van der Waals surface area (Å²) >= 11 is 5.61. The van der Waals surface area contributed by atoms with E-state index in [-0.39, 0.29) is 5.02 Å². The van der Waals surface area contributed by atoms with Crippen LogP contribution in [0.4, 0.5) is 0 Å². The topological polar surface area (TPSA) is 58.1 Å². The molecule has 1 heterocycles. The lowest BCUT2D eigenvalue weighted by Gasteiger charge is -2.09. The Kier molecular flexibility index (Phi) is 4.11. The van der Waals surface area contributed by atoms with Crippen LogP contribution in [-0.2, 0) is 6.54 Å². The Labute approximate surface area is 92.3 Å². The number of aryl methyl sites for hydroxylation is 1. The number of rotatable bonds is 4. The zero-order valence-electron chi connectivity index (χ0n) is 8.79. The summed E-state index contributed by atoms with van der Waals surface area (Å²) in [5.74, 6) is 0. The molecule has 0 unspecified atom stereocenters. The molecular formula is C9H14ClN3O2. The Bertz CT molecular complexity index is 436. The largest absolute Gasteiger partial charge is 0.328 e. The highest BCUT2D eigenvalue weighted by Crippen LogP contribution is 1.96. The number of halogens is 1. The monoisotopic (exact) mass is 231 g/mol. The van der Waals surface area contributed by atoms with Gasteiger partial charge in [0.15, 0.2) is 0 Å². The minimum atomic E-state index is -0.537.